The van der Waals surface area contributed by atoms with Crippen LogP contribution in [-0.2, 0) is 5.75 Å². The lowest BCUT2D eigenvalue weighted by Crippen LogP contribution is -2.21. The lowest BCUT2D eigenvalue weighted by Gasteiger charge is -2.19. The summed E-state index contributed by atoms with van der Waals surface area (Å²) in [6.07, 6.45) is 3.28. The van der Waals surface area contributed by atoms with Crippen LogP contribution in [0.15, 0.2) is 64.7 Å². The zero-order valence-corrected chi connectivity index (χ0v) is 15.3. The fourth-order valence-corrected chi connectivity index (χ4v) is 3.59. The first-order valence-corrected chi connectivity index (χ1v) is 9.42. The minimum atomic E-state index is -0.164. The van der Waals surface area contributed by atoms with Crippen molar-refractivity contribution < 1.29 is 9.47 Å². The Morgan fingerprint density at radius 1 is 1.08 bits per heavy atom. The van der Waals surface area contributed by atoms with Crippen LogP contribution < -0.4 is 15.0 Å². The summed E-state index contributed by atoms with van der Waals surface area (Å²) in [6.45, 7) is 1.04. The van der Waals surface area contributed by atoms with Crippen LogP contribution in [0.2, 0.25) is 5.02 Å². The Labute approximate surface area is 159 Å². The molecule has 1 aliphatic heterocycles. The SMILES string of the molecule is O=c1c(SCc2ccc(Cl)cc2)nccn1-c1ccc2c(c1)OCCO2. The van der Waals surface area contributed by atoms with Crippen molar-refractivity contribution in [3.05, 3.63) is 75.8 Å². The van der Waals surface area contributed by atoms with E-state index in [1.807, 2.05) is 42.5 Å². The average molecular weight is 387 g/mol. The van der Waals surface area contributed by atoms with Crippen molar-refractivity contribution in [2.75, 3.05) is 13.2 Å². The molecule has 1 aromatic heterocycles. The third-order valence-electron chi connectivity index (χ3n) is 3.90. The van der Waals surface area contributed by atoms with Gasteiger partial charge in [0.1, 0.15) is 13.2 Å². The number of hydrogen-bond donors (Lipinski definition) is 0. The average Bonchev–Trinajstić information content (AvgIpc) is 2.68. The monoisotopic (exact) mass is 386 g/mol. The number of benzene rings is 2. The van der Waals surface area contributed by atoms with Crippen LogP contribution in [-0.4, -0.2) is 22.8 Å². The zero-order chi connectivity index (χ0) is 17.9. The molecule has 0 atom stereocenters. The summed E-state index contributed by atoms with van der Waals surface area (Å²) in [6, 6.07) is 13.0. The van der Waals surface area contributed by atoms with Crippen molar-refractivity contribution >= 4 is 23.4 Å². The van der Waals surface area contributed by atoms with Gasteiger partial charge in [-0.05, 0) is 29.8 Å². The maximum atomic E-state index is 12.8. The smallest absolute Gasteiger partial charge is 0.287 e. The first kappa shape index (κ1) is 17.0. The molecule has 1 aliphatic rings. The first-order chi connectivity index (χ1) is 12.7. The van der Waals surface area contributed by atoms with E-state index in [2.05, 4.69) is 4.98 Å². The normalized spacial score (nSPS) is 12.8. The summed E-state index contributed by atoms with van der Waals surface area (Å²) < 4.78 is 12.7. The molecule has 0 aliphatic carbocycles. The van der Waals surface area contributed by atoms with Crippen LogP contribution in [0.25, 0.3) is 5.69 Å². The summed E-state index contributed by atoms with van der Waals surface area (Å²) in [4.78, 5) is 17.0. The second-order valence-corrected chi connectivity index (χ2v) is 7.05. The molecule has 0 saturated heterocycles. The Morgan fingerprint density at radius 3 is 2.65 bits per heavy atom. The molecule has 4 rings (SSSR count). The maximum Gasteiger partial charge on any atom is 0.287 e. The Bertz CT molecular complexity index is 989. The van der Waals surface area contributed by atoms with Crippen molar-refractivity contribution in [3.8, 4) is 17.2 Å². The van der Waals surface area contributed by atoms with Gasteiger partial charge in [0, 0.05) is 29.2 Å². The van der Waals surface area contributed by atoms with Gasteiger partial charge in [0.05, 0.1) is 5.69 Å². The Kier molecular flexibility index (Phi) is 4.86. The van der Waals surface area contributed by atoms with Crippen molar-refractivity contribution in [2.24, 2.45) is 0 Å². The van der Waals surface area contributed by atoms with Gasteiger partial charge < -0.3 is 9.47 Å². The van der Waals surface area contributed by atoms with Gasteiger partial charge in [-0.15, -0.1) is 0 Å². The molecule has 0 unspecified atom stereocenters. The molecule has 0 N–H and O–H groups in total. The fourth-order valence-electron chi connectivity index (χ4n) is 2.61. The number of aromatic nitrogens is 2. The summed E-state index contributed by atoms with van der Waals surface area (Å²) in [5, 5.41) is 1.13. The van der Waals surface area contributed by atoms with E-state index in [0.717, 1.165) is 11.3 Å². The van der Waals surface area contributed by atoms with Crippen molar-refractivity contribution in [3.63, 3.8) is 0 Å². The van der Waals surface area contributed by atoms with Crippen LogP contribution in [0.1, 0.15) is 5.56 Å². The van der Waals surface area contributed by atoms with Gasteiger partial charge in [-0.25, -0.2) is 4.98 Å². The quantitative estimate of drug-likeness (QED) is 0.635. The minimum Gasteiger partial charge on any atom is -0.486 e. The molecule has 0 saturated carbocycles. The lowest BCUT2D eigenvalue weighted by atomic mass is 10.2. The van der Waals surface area contributed by atoms with E-state index in [1.54, 1.807) is 17.0 Å². The van der Waals surface area contributed by atoms with Crippen molar-refractivity contribution in [2.45, 2.75) is 10.8 Å². The van der Waals surface area contributed by atoms with Gasteiger partial charge >= 0.3 is 0 Å². The first-order valence-electron chi connectivity index (χ1n) is 8.06. The van der Waals surface area contributed by atoms with E-state index in [-0.39, 0.29) is 5.56 Å². The molecule has 0 spiro atoms. The number of halogens is 1. The Hall–Kier alpha value is -2.44. The van der Waals surface area contributed by atoms with E-state index in [1.165, 1.54) is 11.8 Å². The van der Waals surface area contributed by atoms with E-state index in [0.29, 0.717) is 40.5 Å². The predicted molar refractivity (Wildman–Crippen MR) is 102 cm³/mol. The van der Waals surface area contributed by atoms with Gasteiger partial charge in [-0.2, -0.15) is 0 Å². The van der Waals surface area contributed by atoms with Crippen LogP contribution in [0.5, 0.6) is 11.5 Å². The Balaban J connectivity index is 1.59. The summed E-state index contributed by atoms with van der Waals surface area (Å²) in [7, 11) is 0. The summed E-state index contributed by atoms with van der Waals surface area (Å²) >= 11 is 7.30. The molecule has 132 valence electrons. The third-order valence-corrected chi connectivity index (χ3v) is 5.19. The fraction of sp³-hybridized carbons (Fsp3) is 0.158. The molecule has 0 fully saturated rings. The molecular formula is C19H15ClN2O3S. The van der Waals surface area contributed by atoms with Gasteiger partial charge in [0.15, 0.2) is 16.5 Å². The number of hydrogen-bond acceptors (Lipinski definition) is 5. The van der Waals surface area contributed by atoms with Crippen LogP contribution in [0.4, 0.5) is 0 Å². The molecule has 26 heavy (non-hydrogen) atoms. The van der Waals surface area contributed by atoms with E-state index in [9.17, 15) is 4.79 Å². The minimum absolute atomic E-state index is 0.164. The molecule has 5 nitrogen and oxygen atoms in total. The third kappa shape index (κ3) is 3.57. The van der Waals surface area contributed by atoms with Crippen molar-refractivity contribution in [1.29, 1.82) is 0 Å². The van der Waals surface area contributed by atoms with Crippen LogP contribution in [0, 0.1) is 0 Å². The van der Waals surface area contributed by atoms with Gasteiger partial charge in [-0.1, -0.05) is 35.5 Å². The second-order valence-electron chi connectivity index (χ2n) is 5.65. The molecule has 0 amide bonds. The van der Waals surface area contributed by atoms with Gasteiger partial charge in [0.2, 0.25) is 0 Å². The molecule has 0 radical (unpaired) electrons. The predicted octanol–water partition coefficient (Wildman–Crippen LogP) is 3.95. The van der Waals surface area contributed by atoms with Crippen LogP contribution in [0.3, 0.4) is 0 Å². The van der Waals surface area contributed by atoms with E-state index >= 15 is 0 Å². The molecule has 2 heterocycles. The molecule has 0 bridgehead atoms. The van der Waals surface area contributed by atoms with Gasteiger partial charge in [0.25, 0.3) is 5.56 Å². The van der Waals surface area contributed by atoms with E-state index in [4.69, 9.17) is 21.1 Å². The number of fused-ring (bicyclic) bond motifs is 1. The molecule has 3 aromatic rings. The molecule has 7 heteroatoms. The lowest BCUT2D eigenvalue weighted by molar-refractivity contribution is 0.171. The molecular weight excluding hydrogens is 372 g/mol. The van der Waals surface area contributed by atoms with Crippen LogP contribution >= 0.6 is 23.4 Å². The largest absolute Gasteiger partial charge is 0.486 e. The number of ether oxygens (including phenoxy) is 2. The summed E-state index contributed by atoms with van der Waals surface area (Å²) in [5.41, 5.74) is 1.63. The second kappa shape index (κ2) is 7.43. The molecule has 2 aromatic carbocycles. The number of thioether (sulfide) groups is 1. The number of rotatable bonds is 4. The highest BCUT2D eigenvalue weighted by Crippen LogP contribution is 2.31. The summed E-state index contributed by atoms with van der Waals surface area (Å²) in [5.74, 6) is 1.98. The topological polar surface area (TPSA) is 53.4 Å². The van der Waals surface area contributed by atoms with Crippen molar-refractivity contribution in [1.82, 2.24) is 9.55 Å². The standard InChI is InChI=1S/C19H15ClN2O3S/c20-14-3-1-13(2-4-14)12-26-18-19(23)22(8-7-21-18)15-5-6-16-17(11-15)25-10-9-24-16/h1-8,11H,9-10,12H2. The maximum absolute atomic E-state index is 12.8. The highest BCUT2D eigenvalue weighted by Gasteiger charge is 2.14. The zero-order valence-electron chi connectivity index (χ0n) is 13.7. The van der Waals surface area contributed by atoms with E-state index < -0.39 is 0 Å². The highest BCUT2D eigenvalue weighted by atomic mass is 35.5. The number of nitrogens with zero attached hydrogens (tertiary/aromatic N) is 2. The Morgan fingerprint density at radius 2 is 1.85 bits per heavy atom. The van der Waals surface area contributed by atoms with Gasteiger partial charge in [-0.3, -0.25) is 9.36 Å². The highest BCUT2D eigenvalue weighted by molar-refractivity contribution is 7.98.